The van der Waals surface area contributed by atoms with Crippen molar-refractivity contribution >= 4 is 17.6 Å². The van der Waals surface area contributed by atoms with Crippen molar-refractivity contribution < 1.29 is 27.4 Å². The van der Waals surface area contributed by atoms with Gasteiger partial charge in [0.2, 0.25) is 11.8 Å². The number of ether oxygens (including phenoxy) is 3. The predicted octanol–water partition coefficient (Wildman–Crippen LogP) is 5.23. The first-order valence-electron chi connectivity index (χ1n) is 11.7. The summed E-state index contributed by atoms with van der Waals surface area (Å²) in [4.78, 5) is 8.64. The molecule has 0 heterocycles. The number of hydrogen-bond donors (Lipinski definition) is 3. The van der Waals surface area contributed by atoms with Gasteiger partial charge in [0.1, 0.15) is 24.7 Å². The third-order valence-electron chi connectivity index (χ3n) is 5.17. The van der Waals surface area contributed by atoms with Crippen LogP contribution in [-0.2, 0) is 10.3 Å². The molecule has 0 aliphatic heterocycles. The number of hydrogen-bond acceptors (Lipinski definition) is 5. The largest absolute Gasteiger partial charge is 0.490 e. The summed E-state index contributed by atoms with van der Waals surface area (Å²) in [5.41, 5.74) is 7.14. The number of anilines is 1. The van der Waals surface area contributed by atoms with Gasteiger partial charge in [-0.15, -0.1) is 0 Å². The third kappa shape index (κ3) is 8.91. The molecule has 0 spiro atoms. The van der Waals surface area contributed by atoms with Crippen LogP contribution in [0.4, 0.5) is 18.9 Å². The van der Waals surface area contributed by atoms with E-state index in [4.69, 9.17) is 15.2 Å². The van der Waals surface area contributed by atoms with Crippen LogP contribution in [0.5, 0.6) is 11.5 Å². The second-order valence-electron chi connectivity index (χ2n) is 8.29. The monoisotopic (exact) mass is 529 g/mol. The second-order valence-corrected chi connectivity index (χ2v) is 8.29. The summed E-state index contributed by atoms with van der Waals surface area (Å²) < 4.78 is 53.4. The van der Waals surface area contributed by atoms with Crippen LogP contribution in [0, 0.1) is 0 Å². The molecule has 0 aromatic heterocycles. The molecule has 1 aliphatic rings. The van der Waals surface area contributed by atoms with E-state index in [0.29, 0.717) is 30.4 Å². The Hall–Kier alpha value is -4.41. The number of rotatable bonds is 12. The van der Waals surface area contributed by atoms with Crippen molar-refractivity contribution in [3.63, 3.8) is 0 Å². The number of guanidine groups is 2. The van der Waals surface area contributed by atoms with Gasteiger partial charge in [0.25, 0.3) is 0 Å². The van der Waals surface area contributed by atoms with Crippen LogP contribution in [0.3, 0.4) is 0 Å². The van der Waals surface area contributed by atoms with E-state index < -0.39 is 24.2 Å². The van der Waals surface area contributed by atoms with E-state index in [1.54, 1.807) is 36.4 Å². The van der Waals surface area contributed by atoms with Gasteiger partial charge < -0.3 is 25.3 Å². The maximum Gasteiger partial charge on any atom is 0.422 e. The highest BCUT2D eigenvalue weighted by Crippen LogP contribution is 2.49. The Morgan fingerprint density at radius 2 is 1.68 bits per heavy atom. The van der Waals surface area contributed by atoms with Crippen LogP contribution in [0.15, 0.2) is 96.3 Å². The molecule has 0 unspecified atom stereocenters. The van der Waals surface area contributed by atoms with E-state index >= 15 is 0 Å². The summed E-state index contributed by atoms with van der Waals surface area (Å²) >= 11 is 0. The van der Waals surface area contributed by atoms with Gasteiger partial charge in [-0.1, -0.05) is 43.5 Å². The van der Waals surface area contributed by atoms with Crippen LogP contribution >= 0.6 is 0 Å². The zero-order valence-corrected chi connectivity index (χ0v) is 20.8. The number of nitrogens with one attached hydrogen (secondary N) is 2. The van der Waals surface area contributed by atoms with Crippen LogP contribution in [-0.4, -0.2) is 37.9 Å². The minimum atomic E-state index is -4.54. The number of alkyl halides is 3. The standard InChI is InChI=1S/C27H30F3N5O3/c1-4-15-36-22-11-9-20(10-12-22)26(13-14-26)35-24(31)34-25(32-19(3)38-18-27(28,29)30)33-21-7-6-8-23(17-21)37-16-5-2/h4-12,17H,1-3,13-16,18H2,(H4,31,32,33,34,35). The van der Waals surface area contributed by atoms with Gasteiger partial charge in [0, 0.05) is 11.8 Å². The van der Waals surface area contributed by atoms with Crippen molar-refractivity contribution in [3.05, 3.63) is 91.9 Å². The van der Waals surface area contributed by atoms with Gasteiger partial charge in [-0.25, -0.2) is 4.99 Å². The lowest BCUT2D eigenvalue weighted by molar-refractivity contribution is -0.164. The second kappa shape index (κ2) is 12.7. The van der Waals surface area contributed by atoms with Gasteiger partial charge in [-0.05, 0) is 49.2 Å². The molecule has 8 nitrogen and oxygen atoms in total. The minimum absolute atomic E-state index is 0.00316. The van der Waals surface area contributed by atoms with Crippen LogP contribution < -0.4 is 25.8 Å². The Kier molecular flexibility index (Phi) is 9.42. The number of benzene rings is 2. The van der Waals surface area contributed by atoms with E-state index in [0.717, 1.165) is 18.4 Å². The summed E-state index contributed by atoms with van der Waals surface area (Å²) in [6.07, 6.45) is 0.261. The lowest BCUT2D eigenvalue weighted by Gasteiger charge is -2.17. The fourth-order valence-corrected chi connectivity index (χ4v) is 3.34. The molecule has 0 bridgehead atoms. The average Bonchev–Trinajstić information content (AvgIpc) is 3.65. The number of nitrogens with two attached hydrogens (primary N) is 1. The zero-order chi connectivity index (χ0) is 27.6. The highest BCUT2D eigenvalue weighted by atomic mass is 19.4. The van der Waals surface area contributed by atoms with Crippen molar-refractivity contribution in [2.24, 2.45) is 15.7 Å². The molecule has 38 heavy (non-hydrogen) atoms. The quantitative estimate of drug-likeness (QED) is 0.151. The Labute approximate surface area is 219 Å². The molecule has 1 saturated carbocycles. The van der Waals surface area contributed by atoms with Gasteiger partial charge in [-0.2, -0.15) is 18.2 Å². The number of halogens is 3. The molecule has 11 heteroatoms. The maximum atomic E-state index is 12.6. The van der Waals surface area contributed by atoms with Crippen LogP contribution in [0.25, 0.3) is 0 Å². The summed E-state index contributed by atoms with van der Waals surface area (Å²) in [6.45, 7) is 9.84. The molecule has 1 aliphatic carbocycles. The van der Waals surface area contributed by atoms with E-state index in [-0.39, 0.29) is 11.9 Å². The lowest BCUT2D eigenvalue weighted by atomic mass is 10.1. The number of aliphatic imine (C=N–C) groups is 2. The van der Waals surface area contributed by atoms with Gasteiger partial charge >= 0.3 is 6.18 Å². The Balaban J connectivity index is 1.78. The third-order valence-corrected chi connectivity index (χ3v) is 5.17. The van der Waals surface area contributed by atoms with Crippen LogP contribution in [0.2, 0.25) is 0 Å². The Morgan fingerprint density at radius 3 is 2.29 bits per heavy atom. The molecule has 202 valence electrons. The smallest absolute Gasteiger partial charge is 0.422 e. The zero-order valence-electron chi connectivity index (χ0n) is 20.8. The van der Waals surface area contributed by atoms with Crippen molar-refractivity contribution in [3.8, 4) is 11.5 Å². The summed E-state index contributed by atoms with van der Waals surface area (Å²) in [5, 5.41) is 5.77. The molecule has 0 atom stereocenters. The molecule has 0 saturated heterocycles. The fourth-order valence-electron chi connectivity index (χ4n) is 3.34. The van der Waals surface area contributed by atoms with E-state index in [9.17, 15) is 13.2 Å². The van der Waals surface area contributed by atoms with Crippen LogP contribution in [0.1, 0.15) is 18.4 Å². The van der Waals surface area contributed by atoms with Crippen molar-refractivity contribution in [2.75, 3.05) is 25.1 Å². The van der Waals surface area contributed by atoms with Gasteiger partial charge in [-0.3, -0.25) is 5.32 Å². The molecule has 3 rings (SSSR count). The highest BCUT2D eigenvalue weighted by Gasteiger charge is 2.44. The first-order chi connectivity index (χ1) is 18.1. The minimum Gasteiger partial charge on any atom is -0.490 e. The molecule has 1 fully saturated rings. The first-order valence-corrected chi connectivity index (χ1v) is 11.7. The van der Waals surface area contributed by atoms with Crippen molar-refractivity contribution in [2.45, 2.75) is 24.6 Å². The summed E-state index contributed by atoms with van der Waals surface area (Å²) in [5.74, 6) is 0.738. The molecule has 0 radical (unpaired) electrons. The predicted molar refractivity (Wildman–Crippen MR) is 142 cm³/mol. The molecule has 4 N–H and O–H groups in total. The average molecular weight is 530 g/mol. The van der Waals surface area contributed by atoms with Gasteiger partial charge in [0.05, 0.1) is 5.54 Å². The van der Waals surface area contributed by atoms with E-state index in [1.165, 1.54) is 0 Å². The first kappa shape index (κ1) is 28.2. The lowest BCUT2D eigenvalue weighted by Crippen LogP contribution is -2.41. The SMILES string of the molecule is C=CCOc1ccc(C2(N=C(N)NC(=NC(=C)OCC(F)(F)F)Nc3cccc(OCC=C)c3)CC2)cc1. The van der Waals surface area contributed by atoms with E-state index in [1.807, 2.05) is 24.3 Å². The molecule has 2 aromatic rings. The Morgan fingerprint density at radius 1 is 1.03 bits per heavy atom. The Bertz CT molecular complexity index is 1190. The molecular weight excluding hydrogens is 499 g/mol. The maximum absolute atomic E-state index is 12.6. The number of nitrogens with zero attached hydrogens (tertiary/aromatic N) is 2. The summed E-state index contributed by atoms with van der Waals surface area (Å²) in [6, 6.07) is 14.4. The molecule has 2 aromatic carbocycles. The van der Waals surface area contributed by atoms with E-state index in [2.05, 4.69) is 45.1 Å². The van der Waals surface area contributed by atoms with Crippen molar-refractivity contribution in [1.29, 1.82) is 0 Å². The summed E-state index contributed by atoms with van der Waals surface area (Å²) in [7, 11) is 0. The fraction of sp³-hybridized carbons (Fsp3) is 0.259. The van der Waals surface area contributed by atoms with Gasteiger partial charge in [0.15, 0.2) is 12.6 Å². The normalized spacial score (nSPS) is 14.7. The van der Waals surface area contributed by atoms with Crippen molar-refractivity contribution in [1.82, 2.24) is 5.32 Å². The molecular formula is C27H30F3N5O3. The molecule has 0 amide bonds. The highest BCUT2D eigenvalue weighted by molar-refractivity contribution is 6.05. The topological polar surface area (TPSA) is 102 Å².